The summed E-state index contributed by atoms with van der Waals surface area (Å²) in [7, 11) is 0. The van der Waals surface area contributed by atoms with Crippen molar-refractivity contribution in [2.45, 2.75) is 18.8 Å². The molecule has 0 radical (unpaired) electrons. The van der Waals surface area contributed by atoms with Crippen LogP contribution in [0.15, 0.2) is 15.2 Å². The lowest BCUT2D eigenvalue weighted by atomic mass is 9.93. The summed E-state index contributed by atoms with van der Waals surface area (Å²) in [6, 6.07) is 1.96. The first-order valence-corrected chi connectivity index (χ1v) is 5.19. The zero-order valence-electron chi connectivity index (χ0n) is 7.25. The third-order valence-electron chi connectivity index (χ3n) is 2.42. The van der Waals surface area contributed by atoms with Crippen LogP contribution in [0, 0.1) is 0 Å². The monoisotopic (exact) mass is 245 g/mol. The molecule has 0 saturated carbocycles. The Bertz CT molecular complexity index is 292. The number of nitrogen functional groups attached to an aromatic ring is 1. The molecule has 13 heavy (non-hydrogen) atoms. The minimum Gasteiger partial charge on any atom is -0.434 e. The quantitative estimate of drug-likeness (QED) is 0.828. The van der Waals surface area contributed by atoms with Crippen LogP contribution in [0.5, 0.6) is 0 Å². The Hall–Kier alpha value is -0.480. The Labute approximate surface area is 85.4 Å². The van der Waals surface area contributed by atoms with Gasteiger partial charge in [0.15, 0.2) is 10.6 Å². The molecule has 0 aromatic carbocycles. The number of ether oxygens (including phenoxy) is 1. The van der Waals surface area contributed by atoms with E-state index in [4.69, 9.17) is 14.9 Å². The highest BCUT2D eigenvalue weighted by atomic mass is 79.9. The van der Waals surface area contributed by atoms with E-state index >= 15 is 0 Å². The largest absolute Gasteiger partial charge is 0.434 e. The van der Waals surface area contributed by atoms with Crippen LogP contribution in [0.25, 0.3) is 0 Å². The van der Waals surface area contributed by atoms with Gasteiger partial charge in [-0.3, -0.25) is 0 Å². The number of furan rings is 1. The number of hydrogen-bond donors (Lipinski definition) is 1. The second-order valence-corrected chi connectivity index (χ2v) is 4.04. The van der Waals surface area contributed by atoms with Crippen LogP contribution in [0.1, 0.15) is 24.3 Å². The smallest absolute Gasteiger partial charge is 0.195 e. The minimum atomic E-state index is 0.504. The summed E-state index contributed by atoms with van der Waals surface area (Å²) < 4.78 is 11.2. The number of rotatable bonds is 1. The molecule has 0 bridgehead atoms. The van der Waals surface area contributed by atoms with E-state index in [0.29, 0.717) is 16.5 Å². The number of anilines is 1. The molecule has 0 spiro atoms. The second-order valence-electron chi connectivity index (χ2n) is 3.26. The van der Waals surface area contributed by atoms with Gasteiger partial charge in [-0.05, 0) is 40.8 Å². The molecule has 1 fully saturated rings. The molecule has 0 amide bonds. The molecule has 2 rings (SSSR count). The lowest BCUT2D eigenvalue weighted by Crippen LogP contribution is -2.14. The first kappa shape index (κ1) is 9.09. The van der Waals surface area contributed by atoms with Gasteiger partial charge in [-0.25, -0.2) is 0 Å². The summed E-state index contributed by atoms with van der Waals surface area (Å²) in [4.78, 5) is 0. The van der Waals surface area contributed by atoms with Gasteiger partial charge >= 0.3 is 0 Å². The summed E-state index contributed by atoms with van der Waals surface area (Å²) in [5.74, 6) is 1.04. The Morgan fingerprint density at radius 1 is 1.38 bits per heavy atom. The molecule has 1 aromatic rings. The standard InChI is InChI=1S/C9H12BrNO2/c10-8-5-7(9(11)13-8)6-1-3-12-4-2-6/h5-6H,1-4,11H2. The number of nitrogens with two attached hydrogens (primary N) is 1. The summed E-state index contributed by atoms with van der Waals surface area (Å²) in [5.41, 5.74) is 6.86. The molecule has 1 aliphatic heterocycles. The van der Waals surface area contributed by atoms with Crippen LogP contribution in [-0.2, 0) is 4.74 Å². The predicted octanol–water partition coefficient (Wildman–Crippen LogP) is 2.52. The van der Waals surface area contributed by atoms with E-state index < -0.39 is 0 Å². The maximum Gasteiger partial charge on any atom is 0.195 e. The van der Waals surface area contributed by atoms with Gasteiger partial charge in [0.2, 0.25) is 0 Å². The molecule has 72 valence electrons. The fourth-order valence-electron chi connectivity index (χ4n) is 1.71. The molecule has 0 aliphatic carbocycles. The summed E-state index contributed by atoms with van der Waals surface area (Å²) in [6.45, 7) is 1.65. The van der Waals surface area contributed by atoms with E-state index in [1.165, 1.54) is 0 Å². The summed E-state index contributed by atoms with van der Waals surface area (Å²) in [5, 5.41) is 0. The van der Waals surface area contributed by atoms with Gasteiger partial charge in [0.25, 0.3) is 0 Å². The van der Waals surface area contributed by atoms with E-state index in [2.05, 4.69) is 15.9 Å². The van der Waals surface area contributed by atoms with E-state index in [9.17, 15) is 0 Å². The fourth-order valence-corrected chi connectivity index (χ4v) is 2.14. The van der Waals surface area contributed by atoms with Crippen molar-refractivity contribution >= 4 is 21.8 Å². The highest BCUT2D eigenvalue weighted by Gasteiger charge is 2.20. The lowest BCUT2D eigenvalue weighted by molar-refractivity contribution is 0.0854. The average molecular weight is 246 g/mol. The maximum absolute atomic E-state index is 5.73. The third-order valence-corrected chi connectivity index (χ3v) is 2.81. The fraction of sp³-hybridized carbons (Fsp3) is 0.556. The van der Waals surface area contributed by atoms with Gasteiger partial charge in [-0.15, -0.1) is 0 Å². The van der Waals surface area contributed by atoms with Crippen LogP contribution in [0.4, 0.5) is 5.88 Å². The minimum absolute atomic E-state index is 0.504. The van der Waals surface area contributed by atoms with Gasteiger partial charge in [0, 0.05) is 18.8 Å². The van der Waals surface area contributed by atoms with E-state index in [1.807, 2.05) is 6.07 Å². The molecule has 2 N–H and O–H groups in total. The van der Waals surface area contributed by atoms with Crippen molar-refractivity contribution in [3.8, 4) is 0 Å². The van der Waals surface area contributed by atoms with Crippen molar-refractivity contribution < 1.29 is 9.15 Å². The van der Waals surface area contributed by atoms with E-state index in [0.717, 1.165) is 31.6 Å². The van der Waals surface area contributed by atoms with Crippen LogP contribution < -0.4 is 5.73 Å². The van der Waals surface area contributed by atoms with E-state index in [-0.39, 0.29) is 0 Å². The zero-order chi connectivity index (χ0) is 9.26. The molecule has 1 aromatic heterocycles. The van der Waals surface area contributed by atoms with Gasteiger partial charge in [0.1, 0.15) is 0 Å². The second kappa shape index (κ2) is 3.72. The van der Waals surface area contributed by atoms with Crippen molar-refractivity contribution in [2.75, 3.05) is 18.9 Å². The molecular formula is C9H12BrNO2. The van der Waals surface area contributed by atoms with Crippen molar-refractivity contribution in [2.24, 2.45) is 0 Å². The van der Waals surface area contributed by atoms with Gasteiger partial charge in [-0.1, -0.05) is 0 Å². The Balaban J connectivity index is 2.18. The third kappa shape index (κ3) is 1.89. The van der Waals surface area contributed by atoms with E-state index in [1.54, 1.807) is 0 Å². The molecule has 2 heterocycles. The van der Waals surface area contributed by atoms with Crippen LogP contribution in [0.3, 0.4) is 0 Å². The Morgan fingerprint density at radius 2 is 2.08 bits per heavy atom. The van der Waals surface area contributed by atoms with Gasteiger partial charge in [-0.2, -0.15) is 0 Å². The molecule has 4 heteroatoms. The first-order chi connectivity index (χ1) is 6.27. The normalized spacial score (nSPS) is 19.2. The SMILES string of the molecule is Nc1oc(Br)cc1C1CCOCC1. The highest BCUT2D eigenvalue weighted by molar-refractivity contribution is 9.10. The van der Waals surface area contributed by atoms with Crippen LogP contribution in [0.2, 0.25) is 0 Å². The topological polar surface area (TPSA) is 48.4 Å². The lowest BCUT2D eigenvalue weighted by Gasteiger charge is -2.20. The summed E-state index contributed by atoms with van der Waals surface area (Å²) in [6.07, 6.45) is 2.08. The Morgan fingerprint density at radius 3 is 2.62 bits per heavy atom. The highest BCUT2D eigenvalue weighted by Crippen LogP contribution is 2.34. The average Bonchev–Trinajstić information content (AvgIpc) is 2.47. The van der Waals surface area contributed by atoms with Crippen LogP contribution >= 0.6 is 15.9 Å². The predicted molar refractivity (Wildman–Crippen MR) is 53.6 cm³/mol. The van der Waals surface area contributed by atoms with Crippen molar-refractivity contribution in [1.82, 2.24) is 0 Å². The number of hydrogen-bond acceptors (Lipinski definition) is 3. The molecule has 1 saturated heterocycles. The molecule has 0 atom stereocenters. The van der Waals surface area contributed by atoms with Gasteiger partial charge < -0.3 is 14.9 Å². The molecule has 0 unspecified atom stereocenters. The number of halogens is 1. The van der Waals surface area contributed by atoms with Crippen molar-refractivity contribution in [3.63, 3.8) is 0 Å². The molecule has 3 nitrogen and oxygen atoms in total. The Kier molecular flexibility index (Phi) is 2.60. The van der Waals surface area contributed by atoms with Gasteiger partial charge in [0.05, 0.1) is 0 Å². The molecule has 1 aliphatic rings. The van der Waals surface area contributed by atoms with Crippen molar-refractivity contribution in [3.05, 3.63) is 16.3 Å². The first-order valence-electron chi connectivity index (χ1n) is 4.40. The maximum atomic E-state index is 5.73. The van der Waals surface area contributed by atoms with Crippen LogP contribution in [-0.4, -0.2) is 13.2 Å². The molecular weight excluding hydrogens is 234 g/mol. The zero-order valence-corrected chi connectivity index (χ0v) is 8.84. The van der Waals surface area contributed by atoms with Crippen molar-refractivity contribution in [1.29, 1.82) is 0 Å². The summed E-state index contributed by atoms with van der Waals surface area (Å²) >= 11 is 3.27.